The summed E-state index contributed by atoms with van der Waals surface area (Å²) in [4.78, 5) is 14.1. The molecule has 0 N–H and O–H groups in total. The van der Waals surface area contributed by atoms with Crippen LogP contribution < -0.4 is 4.74 Å². The van der Waals surface area contributed by atoms with Crippen LogP contribution in [0.15, 0.2) is 48.5 Å². The van der Waals surface area contributed by atoms with Gasteiger partial charge in [-0.1, -0.05) is 29.8 Å². The van der Waals surface area contributed by atoms with Gasteiger partial charge < -0.3 is 14.4 Å². The molecular weight excluding hydrogens is 290 g/mol. The zero-order chi connectivity index (χ0) is 16.7. The first kappa shape index (κ1) is 17.0. The van der Waals surface area contributed by atoms with Crippen LogP contribution in [0, 0.1) is 6.92 Å². The van der Waals surface area contributed by atoms with Crippen molar-refractivity contribution in [2.45, 2.75) is 13.5 Å². The normalized spacial score (nSPS) is 10.4. The van der Waals surface area contributed by atoms with E-state index in [1.807, 2.05) is 55.5 Å². The molecule has 0 aliphatic rings. The van der Waals surface area contributed by atoms with Gasteiger partial charge in [0.2, 0.25) is 0 Å². The summed E-state index contributed by atoms with van der Waals surface area (Å²) in [6.07, 6.45) is 0. The van der Waals surface area contributed by atoms with E-state index >= 15 is 0 Å². The molecule has 0 spiro atoms. The van der Waals surface area contributed by atoms with Crippen molar-refractivity contribution in [2.75, 3.05) is 27.3 Å². The Morgan fingerprint density at radius 2 is 1.87 bits per heavy atom. The zero-order valence-corrected chi connectivity index (χ0v) is 13.9. The molecule has 0 aromatic heterocycles. The van der Waals surface area contributed by atoms with E-state index < -0.39 is 0 Å². The Balaban J connectivity index is 1.87. The van der Waals surface area contributed by atoms with Gasteiger partial charge in [-0.25, -0.2) is 0 Å². The Labute approximate surface area is 137 Å². The minimum absolute atomic E-state index is 0.0181. The molecule has 0 bridgehead atoms. The molecule has 0 aliphatic carbocycles. The minimum atomic E-state index is -0.0181. The van der Waals surface area contributed by atoms with Gasteiger partial charge in [0.1, 0.15) is 12.4 Å². The van der Waals surface area contributed by atoms with Crippen molar-refractivity contribution in [3.63, 3.8) is 0 Å². The molecule has 2 aromatic rings. The first-order chi connectivity index (χ1) is 11.1. The van der Waals surface area contributed by atoms with Crippen molar-refractivity contribution in [1.82, 2.24) is 4.90 Å². The predicted molar refractivity (Wildman–Crippen MR) is 90.8 cm³/mol. The van der Waals surface area contributed by atoms with Crippen molar-refractivity contribution in [3.8, 4) is 5.75 Å². The largest absolute Gasteiger partial charge is 0.492 e. The number of likely N-dealkylation sites (N-methyl/N-ethyl adjacent to an activating group) is 1. The van der Waals surface area contributed by atoms with E-state index in [4.69, 9.17) is 9.47 Å². The average molecular weight is 313 g/mol. The van der Waals surface area contributed by atoms with Gasteiger partial charge in [0.15, 0.2) is 0 Å². The number of rotatable bonds is 7. The lowest BCUT2D eigenvalue weighted by atomic mass is 10.1. The molecule has 0 heterocycles. The number of hydrogen-bond donors (Lipinski definition) is 0. The summed E-state index contributed by atoms with van der Waals surface area (Å²) in [5.74, 6) is 0.800. The summed E-state index contributed by atoms with van der Waals surface area (Å²) in [6.45, 7) is 3.53. The maximum atomic E-state index is 12.4. The van der Waals surface area contributed by atoms with E-state index in [0.29, 0.717) is 25.3 Å². The van der Waals surface area contributed by atoms with E-state index in [1.165, 1.54) is 5.56 Å². The Morgan fingerprint density at radius 1 is 1.13 bits per heavy atom. The summed E-state index contributed by atoms with van der Waals surface area (Å²) >= 11 is 0. The number of amides is 1. The molecular formula is C19H23NO3. The van der Waals surface area contributed by atoms with E-state index in [2.05, 4.69) is 0 Å². The monoisotopic (exact) mass is 313 g/mol. The van der Waals surface area contributed by atoms with E-state index in [0.717, 1.165) is 11.3 Å². The second kappa shape index (κ2) is 8.34. The third-order valence-corrected chi connectivity index (χ3v) is 3.55. The number of nitrogens with zero attached hydrogens (tertiary/aromatic N) is 1. The van der Waals surface area contributed by atoms with E-state index in [-0.39, 0.29) is 5.91 Å². The number of benzene rings is 2. The minimum Gasteiger partial charge on any atom is -0.492 e. The molecule has 4 heteroatoms. The number of methoxy groups -OCH3 is 1. The second-order valence-electron chi connectivity index (χ2n) is 5.52. The van der Waals surface area contributed by atoms with Gasteiger partial charge in [-0.15, -0.1) is 0 Å². The number of ether oxygens (including phenoxy) is 2. The number of carbonyl (C=O) groups excluding carboxylic acids is 1. The molecule has 23 heavy (non-hydrogen) atoms. The maximum absolute atomic E-state index is 12.4. The van der Waals surface area contributed by atoms with Crippen LogP contribution in [0.1, 0.15) is 21.5 Å². The van der Waals surface area contributed by atoms with E-state index in [9.17, 15) is 4.79 Å². The fourth-order valence-corrected chi connectivity index (χ4v) is 2.22. The molecule has 0 unspecified atom stereocenters. The maximum Gasteiger partial charge on any atom is 0.253 e. The van der Waals surface area contributed by atoms with E-state index in [1.54, 1.807) is 19.1 Å². The number of carbonyl (C=O) groups is 1. The third-order valence-electron chi connectivity index (χ3n) is 3.55. The van der Waals surface area contributed by atoms with Gasteiger partial charge in [0.25, 0.3) is 5.91 Å². The van der Waals surface area contributed by atoms with Crippen molar-refractivity contribution in [3.05, 3.63) is 65.2 Å². The van der Waals surface area contributed by atoms with Crippen LogP contribution in [0.25, 0.3) is 0 Å². The highest BCUT2D eigenvalue weighted by molar-refractivity contribution is 5.94. The fourth-order valence-electron chi connectivity index (χ4n) is 2.22. The summed E-state index contributed by atoms with van der Waals surface area (Å²) in [5.41, 5.74) is 2.85. The molecule has 1 amide bonds. The van der Waals surface area contributed by atoms with Gasteiger partial charge >= 0.3 is 0 Å². The zero-order valence-electron chi connectivity index (χ0n) is 13.9. The van der Waals surface area contributed by atoms with Crippen LogP contribution in [0.4, 0.5) is 0 Å². The third kappa shape index (κ3) is 5.11. The van der Waals surface area contributed by atoms with Gasteiger partial charge in [-0.3, -0.25) is 4.79 Å². The van der Waals surface area contributed by atoms with Crippen molar-refractivity contribution in [2.24, 2.45) is 0 Å². The number of hydrogen-bond acceptors (Lipinski definition) is 3. The van der Waals surface area contributed by atoms with Gasteiger partial charge in [0, 0.05) is 19.7 Å². The summed E-state index contributed by atoms with van der Waals surface area (Å²) in [5, 5.41) is 0. The lowest BCUT2D eigenvalue weighted by Crippen LogP contribution is -2.30. The molecule has 122 valence electrons. The first-order valence-electron chi connectivity index (χ1n) is 7.63. The number of aryl methyl sites for hydroxylation is 1. The summed E-state index contributed by atoms with van der Waals surface area (Å²) in [7, 11) is 3.42. The second-order valence-corrected chi connectivity index (χ2v) is 5.52. The molecule has 4 nitrogen and oxygen atoms in total. The quantitative estimate of drug-likeness (QED) is 0.787. The van der Waals surface area contributed by atoms with Gasteiger partial charge in [0.05, 0.1) is 13.2 Å². The summed E-state index contributed by atoms with van der Waals surface area (Å²) < 4.78 is 10.8. The molecule has 2 aromatic carbocycles. The smallest absolute Gasteiger partial charge is 0.253 e. The van der Waals surface area contributed by atoms with Crippen LogP contribution in [0.5, 0.6) is 5.75 Å². The van der Waals surface area contributed by atoms with Crippen LogP contribution >= 0.6 is 0 Å². The molecule has 0 saturated carbocycles. The Hall–Kier alpha value is -2.33. The molecule has 2 rings (SSSR count). The lowest BCUT2D eigenvalue weighted by molar-refractivity contribution is 0.0773. The topological polar surface area (TPSA) is 38.8 Å². The lowest BCUT2D eigenvalue weighted by Gasteiger charge is -2.18. The standard InChI is InChI=1S/C19H23NO3/c1-15-7-9-18(10-8-15)23-12-11-20(2)19(21)17-6-4-5-16(13-17)14-22-3/h4-10,13H,11-12,14H2,1-3H3. The highest BCUT2D eigenvalue weighted by Crippen LogP contribution is 2.12. The predicted octanol–water partition coefficient (Wildman–Crippen LogP) is 3.29. The Bertz CT molecular complexity index is 637. The first-order valence-corrected chi connectivity index (χ1v) is 7.63. The highest BCUT2D eigenvalue weighted by Gasteiger charge is 2.12. The van der Waals surface area contributed by atoms with Crippen LogP contribution in [-0.2, 0) is 11.3 Å². The van der Waals surface area contributed by atoms with Crippen molar-refractivity contribution < 1.29 is 14.3 Å². The van der Waals surface area contributed by atoms with Crippen LogP contribution in [-0.4, -0.2) is 38.1 Å². The van der Waals surface area contributed by atoms with Gasteiger partial charge in [-0.05, 0) is 36.8 Å². The molecule has 0 fully saturated rings. The fraction of sp³-hybridized carbons (Fsp3) is 0.316. The van der Waals surface area contributed by atoms with Crippen LogP contribution in [0.2, 0.25) is 0 Å². The van der Waals surface area contributed by atoms with Crippen molar-refractivity contribution >= 4 is 5.91 Å². The highest BCUT2D eigenvalue weighted by atomic mass is 16.5. The molecule has 0 atom stereocenters. The summed E-state index contributed by atoms with van der Waals surface area (Å²) in [6, 6.07) is 15.4. The molecule has 0 aliphatic heterocycles. The Kier molecular flexibility index (Phi) is 6.18. The SMILES string of the molecule is COCc1cccc(C(=O)N(C)CCOc2ccc(C)cc2)c1. The molecule has 0 saturated heterocycles. The average Bonchev–Trinajstić information content (AvgIpc) is 2.56. The Morgan fingerprint density at radius 3 is 2.57 bits per heavy atom. The van der Waals surface area contributed by atoms with Crippen LogP contribution in [0.3, 0.4) is 0 Å². The van der Waals surface area contributed by atoms with Crippen molar-refractivity contribution in [1.29, 1.82) is 0 Å². The van der Waals surface area contributed by atoms with Gasteiger partial charge in [-0.2, -0.15) is 0 Å². The molecule has 0 radical (unpaired) electrons.